The number of ether oxygens (including phenoxy) is 2. The van der Waals surface area contributed by atoms with E-state index in [0.717, 1.165) is 33.8 Å². The fourth-order valence-electron chi connectivity index (χ4n) is 5.24. The molecule has 180 valence electrons. The van der Waals surface area contributed by atoms with Crippen LogP contribution >= 0.6 is 0 Å². The van der Waals surface area contributed by atoms with E-state index in [1.807, 2.05) is 79.7 Å². The van der Waals surface area contributed by atoms with Gasteiger partial charge in [0.05, 0.1) is 35.1 Å². The van der Waals surface area contributed by atoms with Crippen molar-refractivity contribution in [3.05, 3.63) is 110 Å². The van der Waals surface area contributed by atoms with Crippen molar-refractivity contribution in [1.82, 2.24) is 13.7 Å². The summed E-state index contributed by atoms with van der Waals surface area (Å²) >= 11 is 0. The second-order valence-electron chi connectivity index (χ2n) is 9.06. The van der Waals surface area contributed by atoms with Crippen LogP contribution in [0.2, 0.25) is 0 Å². The van der Waals surface area contributed by atoms with Gasteiger partial charge in [0, 0.05) is 25.2 Å². The van der Waals surface area contributed by atoms with Crippen LogP contribution in [0.25, 0.3) is 27.8 Å². The number of para-hydroxylation sites is 2. The van der Waals surface area contributed by atoms with Crippen molar-refractivity contribution in [2.75, 3.05) is 7.11 Å². The van der Waals surface area contributed by atoms with Gasteiger partial charge in [-0.25, -0.2) is 4.79 Å². The quantitative estimate of drug-likeness (QED) is 0.382. The van der Waals surface area contributed by atoms with Crippen molar-refractivity contribution in [2.24, 2.45) is 14.1 Å². The number of hydrogen-bond donors (Lipinski definition) is 0. The first kappa shape index (κ1) is 22.0. The number of aromatic nitrogens is 3. The Morgan fingerprint density at radius 3 is 2.42 bits per heavy atom. The molecule has 0 saturated heterocycles. The summed E-state index contributed by atoms with van der Waals surface area (Å²) < 4.78 is 16.9. The van der Waals surface area contributed by atoms with E-state index in [2.05, 4.69) is 4.57 Å². The van der Waals surface area contributed by atoms with Gasteiger partial charge < -0.3 is 14.0 Å². The van der Waals surface area contributed by atoms with E-state index in [1.165, 1.54) is 11.6 Å². The molecule has 7 heteroatoms. The van der Waals surface area contributed by atoms with Crippen molar-refractivity contribution in [3.8, 4) is 28.4 Å². The average molecular weight is 480 g/mol. The van der Waals surface area contributed by atoms with E-state index in [1.54, 1.807) is 18.7 Å². The summed E-state index contributed by atoms with van der Waals surface area (Å²) in [5.74, 6) is 1.39. The maximum Gasteiger partial charge on any atom is 0.331 e. The summed E-state index contributed by atoms with van der Waals surface area (Å²) in [5.41, 5.74) is 4.93. The smallest absolute Gasteiger partial charge is 0.331 e. The van der Waals surface area contributed by atoms with E-state index < -0.39 is 6.10 Å². The molecule has 5 aromatic rings. The lowest BCUT2D eigenvalue weighted by atomic mass is 10.0. The molecular weight excluding hydrogens is 454 g/mol. The Morgan fingerprint density at radius 1 is 0.889 bits per heavy atom. The molecular formula is C29H25N3O4. The number of nitrogens with zero attached hydrogens (tertiary/aromatic N) is 3. The van der Waals surface area contributed by atoms with Crippen LogP contribution in [0.3, 0.4) is 0 Å². The molecule has 1 atom stereocenters. The summed E-state index contributed by atoms with van der Waals surface area (Å²) in [7, 11) is 4.85. The van der Waals surface area contributed by atoms with Gasteiger partial charge in [0.2, 0.25) is 0 Å². The van der Waals surface area contributed by atoms with Gasteiger partial charge in [0.25, 0.3) is 5.56 Å². The lowest BCUT2D eigenvalue weighted by Gasteiger charge is -2.30. The summed E-state index contributed by atoms with van der Waals surface area (Å²) in [6, 6.07) is 23.4. The van der Waals surface area contributed by atoms with E-state index in [-0.39, 0.29) is 11.2 Å². The summed E-state index contributed by atoms with van der Waals surface area (Å²) in [4.78, 5) is 26.9. The summed E-state index contributed by atoms with van der Waals surface area (Å²) in [6.07, 6.45) is -0.576. The van der Waals surface area contributed by atoms with Gasteiger partial charge in [-0.1, -0.05) is 48.5 Å². The molecule has 0 bridgehead atoms. The molecule has 7 nitrogen and oxygen atoms in total. The van der Waals surface area contributed by atoms with Crippen molar-refractivity contribution in [3.63, 3.8) is 0 Å². The van der Waals surface area contributed by atoms with Gasteiger partial charge in [-0.05, 0) is 36.8 Å². The van der Waals surface area contributed by atoms with Gasteiger partial charge in [-0.15, -0.1) is 0 Å². The van der Waals surface area contributed by atoms with Crippen LogP contribution < -0.4 is 20.7 Å². The third-order valence-electron chi connectivity index (χ3n) is 7.00. The predicted molar refractivity (Wildman–Crippen MR) is 139 cm³/mol. The van der Waals surface area contributed by atoms with Crippen LogP contribution in [0.4, 0.5) is 0 Å². The van der Waals surface area contributed by atoms with E-state index in [9.17, 15) is 9.59 Å². The fourth-order valence-corrected chi connectivity index (χ4v) is 5.24. The average Bonchev–Trinajstić information content (AvgIpc) is 3.27. The molecule has 0 amide bonds. The molecule has 3 heterocycles. The zero-order valence-corrected chi connectivity index (χ0v) is 20.5. The minimum absolute atomic E-state index is 0.338. The molecule has 0 aliphatic carbocycles. The number of methoxy groups -OCH3 is 1. The molecule has 0 fully saturated rings. The number of hydrogen-bond acceptors (Lipinski definition) is 4. The Labute approximate surface area is 207 Å². The molecule has 0 N–H and O–H groups in total. The van der Waals surface area contributed by atoms with Crippen LogP contribution in [-0.4, -0.2) is 20.8 Å². The highest BCUT2D eigenvalue weighted by atomic mass is 16.5. The highest BCUT2D eigenvalue weighted by Crippen LogP contribution is 2.47. The highest BCUT2D eigenvalue weighted by Gasteiger charge is 2.36. The zero-order valence-electron chi connectivity index (χ0n) is 20.5. The van der Waals surface area contributed by atoms with Crippen LogP contribution in [0.5, 0.6) is 11.5 Å². The van der Waals surface area contributed by atoms with E-state index in [0.29, 0.717) is 22.4 Å². The molecule has 0 radical (unpaired) electrons. The van der Waals surface area contributed by atoms with E-state index >= 15 is 0 Å². The Hall–Kier alpha value is -4.52. The molecule has 0 saturated carbocycles. The largest absolute Gasteiger partial charge is 0.497 e. The lowest BCUT2D eigenvalue weighted by Crippen LogP contribution is -2.37. The SMILES string of the molecule is COc1cccc(C2Oc3ccccc3-n3c(-c4ccccc4C)c4c(=O)n(C)c(=O)n(C)c4c32)c1. The van der Waals surface area contributed by atoms with Crippen LogP contribution in [0.1, 0.15) is 22.9 Å². The Kier molecular flexibility index (Phi) is 4.89. The maximum atomic E-state index is 13.8. The molecule has 1 aliphatic rings. The van der Waals surface area contributed by atoms with Gasteiger partial charge in [0.1, 0.15) is 11.5 Å². The van der Waals surface area contributed by atoms with Gasteiger partial charge in [0.15, 0.2) is 6.10 Å². The molecule has 6 rings (SSSR count). The van der Waals surface area contributed by atoms with Crippen LogP contribution in [-0.2, 0) is 14.1 Å². The predicted octanol–water partition coefficient (Wildman–Crippen LogP) is 4.49. The monoisotopic (exact) mass is 479 g/mol. The maximum absolute atomic E-state index is 13.8. The Morgan fingerprint density at radius 2 is 1.64 bits per heavy atom. The third-order valence-corrected chi connectivity index (χ3v) is 7.00. The molecule has 1 unspecified atom stereocenters. The number of benzene rings is 3. The van der Waals surface area contributed by atoms with Crippen molar-refractivity contribution < 1.29 is 9.47 Å². The van der Waals surface area contributed by atoms with Gasteiger partial charge in [-0.2, -0.15) is 0 Å². The Bertz CT molecular complexity index is 1790. The number of rotatable bonds is 3. The fraction of sp³-hybridized carbons (Fsp3) is 0.172. The number of fused-ring (bicyclic) bond motifs is 5. The van der Waals surface area contributed by atoms with Crippen molar-refractivity contribution in [1.29, 1.82) is 0 Å². The lowest BCUT2D eigenvalue weighted by molar-refractivity contribution is 0.228. The molecule has 3 aromatic carbocycles. The minimum Gasteiger partial charge on any atom is -0.497 e. The molecule has 2 aromatic heterocycles. The third kappa shape index (κ3) is 2.99. The van der Waals surface area contributed by atoms with Crippen LogP contribution in [0.15, 0.2) is 82.4 Å². The van der Waals surface area contributed by atoms with Crippen LogP contribution in [0, 0.1) is 6.92 Å². The summed E-state index contributed by atoms with van der Waals surface area (Å²) in [6.45, 7) is 2.03. The first-order valence-electron chi connectivity index (χ1n) is 11.7. The second-order valence-corrected chi connectivity index (χ2v) is 9.06. The van der Waals surface area contributed by atoms with Crippen molar-refractivity contribution in [2.45, 2.75) is 13.0 Å². The van der Waals surface area contributed by atoms with Gasteiger partial charge in [-0.3, -0.25) is 13.9 Å². The highest BCUT2D eigenvalue weighted by molar-refractivity contribution is 5.98. The minimum atomic E-state index is -0.576. The molecule has 1 aliphatic heterocycles. The second kappa shape index (κ2) is 8.02. The van der Waals surface area contributed by atoms with Gasteiger partial charge >= 0.3 is 5.69 Å². The normalized spacial score (nSPS) is 14.3. The molecule has 0 spiro atoms. The van der Waals surface area contributed by atoms with E-state index in [4.69, 9.17) is 9.47 Å². The topological polar surface area (TPSA) is 67.4 Å². The molecule has 36 heavy (non-hydrogen) atoms. The standard InChI is InChI=1S/C29H25N3O4/c1-17-10-5-6-13-20(17)24-23-25(30(2)29(34)31(3)28(23)33)26-27(18-11-9-12-19(16-18)35-4)36-22-15-8-7-14-21(22)32(24)26/h5-16,27H,1-4H3. The first-order valence-corrected chi connectivity index (χ1v) is 11.7. The number of aryl methyl sites for hydroxylation is 2. The first-order chi connectivity index (χ1) is 17.4. The zero-order chi connectivity index (χ0) is 25.1. The Balaban J connectivity index is 1.87. The summed E-state index contributed by atoms with van der Waals surface area (Å²) in [5, 5.41) is 0.483. The van der Waals surface area contributed by atoms with Crippen molar-refractivity contribution >= 4 is 10.9 Å².